The van der Waals surface area contributed by atoms with E-state index in [4.69, 9.17) is 16.6 Å². The first-order chi connectivity index (χ1) is 10.6. The maximum atomic E-state index is 6.16. The van der Waals surface area contributed by atoms with Crippen LogP contribution in [0.1, 0.15) is 50.3 Å². The first-order valence-corrected chi connectivity index (χ1v) is 8.83. The minimum Gasteiger partial charge on any atom is -0.328 e. The zero-order valence-corrected chi connectivity index (χ0v) is 14.4. The molecule has 0 saturated heterocycles. The summed E-state index contributed by atoms with van der Waals surface area (Å²) in [5.74, 6) is 1.91. The summed E-state index contributed by atoms with van der Waals surface area (Å²) < 4.78 is 2.45. The van der Waals surface area contributed by atoms with Crippen LogP contribution in [0.15, 0.2) is 18.2 Å². The van der Waals surface area contributed by atoms with Crippen molar-refractivity contribution in [1.29, 1.82) is 0 Å². The summed E-state index contributed by atoms with van der Waals surface area (Å²) >= 11 is 6.16. The van der Waals surface area contributed by atoms with Crippen LogP contribution in [-0.2, 0) is 6.54 Å². The molecule has 0 amide bonds. The van der Waals surface area contributed by atoms with Crippen molar-refractivity contribution >= 4 is 22.6 Å². The predicted molar refractivity (Wildman–Crippen MR) is 93.7 cm³/mol. The molecule has 3 nitrogen and oxygen atoms in total. The molecule has 120 valence electrons. The predicted octanol–water partition coefficient (Wildman–Crippen LogP) is 4.69. The molecule has 1 aliphatic rings. The lowest BCUT2D eigenvalue weighted by molar-refractivity contribution is 0.377. The number of rotatable bonds is 5. The van der Waals surface area contributed by atoms with Crippen LogP contribution in [0.3, 0.4) is 0 Å². The van der Waals surface area contributed by atoms with E-state index in [0.717, 1.165) is 30.0 Å². The number of halogens is 1. The minimum atomic E-state index is 0.624. The molecular weight excluding hydrogens is 294 g/mol. The van der Waals surface area contributed by atoms with E-state index in [9.17, 15) is 0 Å². The number of aromatic nitrogens is 2. The van der Waals surface area contributed by atoms with Gasteiger partial charge in [0, 0.05) is 17.5 Å². The molecule has 1 aromatic heterocycles. The molecule has 1 fully saturated rings. The van der Waals surface area contributed by atoms with Gasteiger partial charge in [-0.3, -0.25) is 0 Å². The van der Waals surface area contributed by atoms with E-state index < -0.39 is 0 Å². The largest absolute Gasteiger partial charge is 0.328 e. The van der Waals surface area contributed by atoms with Crippen LogP contribution in [0.5, 0.6) is 0 Å². The summed E-state index contributed by atoms with van der Waals surface area (Å²) in [6.07, 6.45) is 7.78. The Morgan fingerprint density at radius 3 is 2.73 bits per heavy atom. The average molecular weight is 320 g/mol. The highest BCUT2D eigenvalue weighted by Gasteiger charge is 2.22. The van der Waals surface area contributed by atoms with Gasteiger partial charge in [0.1, 0.15) is 5.82 Å². The van der Waals surface area contributed by atoms with Crippen LogP contribution in [0.25, 0.3) is 11.0 Å². The molecule has 1 aliphatic carbocycles. The molecule has 3 rings (SSSR count). The van der Waals surface area contributed by atoms with Gasteiger partial charge < -0.3 is 9.47 Å². The number of nitrogens with zero attached hydrogens (tertiary/aromatic N) is 3. The van der Waals surface area contributed by atoms with Crippen LogP contribution in [-0.4, -0.2) is 35.1 Å². The number of imidazole rings is 1. The Kier molecular flexibility index (Phi) is 5.04. The van der Waals surface area contributed by atoms with Gasteiger partial charge in [0.2, 0.25) is 0 Å². The van der Waals surface area contributed by atoms with Gasteiger partial charge >= 0.3 is 0 Å². The highest BCUT2D eigenvalue weighted by Crippen LogP contribution is 2.34. The van der Waals surface area contributed by atoms with Gasteiger partial charge in [0.25, 0.3) is 0 Å². The molecule has 1 heterocycles. The van der Waals surface area contributed by atoms with Crippen LogP contribution < -0.4 is 0 Å². The van der Waals surface area contributed by atoms with Gasteiger partial charge in [-0.25, -0.2) is 4.98 Å². The van der Waals surface area contributed by atoms with Gasteiger partial charge in [-0.1, -0.05) is 30.9 Å². The summed E-state index contributed by atoms with van der Waals surface area (Å²) in [5, 5.41) is 0.778. The molecule has 22 heavy (non-hydrogen) atoms. The lowest BCUT2D eigenvalue weighted by atomic mass is 9.88. The van der Waals surface area contributed by atoms with E-state index >= 15 is 0 Å². The first-order valence-electron chi connectivity index (χ1n) is 8.45. The van der Waals surface area contributed by atoms with E-state index in [1.165, 1.54) is 43.4 Å². The van der Waals surface area contributed by atoms with Gasteiger partial charge in [-0.05, 0) is 58.1 Å². The van der Waals surface area contributed by atoms with Crippen molar-refractivity contribution in [2.45, 2.75) is 51.0 Å². The molecule has 0 atom stereocenters. The lowest BCUT2D eigenvalue weighted by Gasteiger charge is -2.22. The van der Waals surface area contributed by atoms with Crippen molar-refractivity contribution in [1.82, 2.24) is 14.5 Å². The second kappa shape index (κ2) is 7.01. The number of benzene rings is 1. The molecule has 0 radical (unpaired) electrons. The Bertz CT molecular complexity index is 627. The van der Waals surface area contributed by atoms with Gasteiger partial charge in [-0.2, -0.15) is 0 Å². The molecule has 0 bridgehead atoms. The van der Waals surface area contributed by atoms with E-state index in [1.54, 1.807) is 0 Å². The fourth-order valence-electron chi connectivity index (χ4n) is 3.57. The van der Waals surface area contributed by atoms with Crippen molar-refractivity contribution in [2.75, 3.05) is 20.6 Å². The molecule has 1 aromatic carbocycles. The summed E-state index contributed by atoms with van der Waals surface area (Å²) in [4.78, 5) is 7.21. The standard InChI is InChI=1S/C18H26ClN3/c1-21(2)11-6-12-22-17-10-9-15(19)13-16(17)20-18(22)14-7-4-3-5-8-14/h9-10,13-14H,3-8,11-12H2,1-2H3. The van der Waals surface area contributed by atoms with Crippen molar-refractivity contribution in [3.05, 3.63) is 29.0 Å². The molecule has 0 N–H and O–H groups in total. The number of hydrogen-bond donors (Lipinski definition) is 0. The zero-order valence-electron chi connectivity index (χ0n) is 13.7. The smallest absolute Gasteiger partial charge is 0.112 e. The zero-order chi connectivity index (χ0) is 15.5. The fourth-order valence-corrected chi connectivity index (χ4v) is 3.74. The molecular formula is C18H26ClN3. The summed E-state index contributed by atoms with van der Waals surface area (Å²) in [6, 6.07) is 6.12. The number of aryl methyl sites for hydroxylation is 1. The fraction of sp³-hybridized carbons (Fsp3) is 0.611. The van der Waals surface area contributed by atoms with Gasteiger partial charge in [0.05, 0.1) is 11.0 Å². The summed E-state index contributed by atoms with van der Waals surface area (Å²) in [6.45, 7) is 2.15. The Morgan fingerprint density at radius 2 is 2.00 bits per heavy atom. The number of hydrogen-bond acceptors (Lipinski definition) is 2. The third-order valence-corrected chi connectivity index (χ3v) is 4.93. The minimum absolute atomic E-state index is 0.624. The second-order valence-corrected chi connectivity index (χ2v) is 7.18. The molecule has 2 aromatic rings. The normalized spacial score (nSPS) is 16.7. The Labute approximate surface area is 138 Å². The summed E-state index contributed by atoms with van der Waals surface area (Å²) in [5.41, 5.74) is 2.29. The Balaban J connectivity index is 1.93. The highest BCUT2D eigenvalue weighted by atomic mass is 35.5. The number of fused-ring (bicyclic) bond motifs is 1. The van der Waals surface area contributed by atoms with Crippen LogP contribution in [0.2, 0.25) is 5.02 Å². The third-order valence-electron chi connectivity index (χ3n) is 4.70. The van der Waals surface area contributed by atoms with Gasteiger partial charge in [0.15, 0.2) is 0 Å². The average Bonchev–Trinajstić information content (AvgIpc) is 2.86. The maximum absolute atomic E-state index is 6.16. The van der Waals surface area contributed by atoms with Crippen LogP contribution >= 0.6 is 11.6 Å². The van der Waals surface area contributed by atoms with Crippen LogP contribution in [0, 0.1) is 0 Å². The molecule has 0 aliphatic heterocycles. The van der Waals surface area contributed by atoms with Crippen molar-refractivity contribution in [3.8, 4) is 0 Å². The first kappa shape index (κ1) is 15.8. The molecule has 0 unspecified atom stereocenters. The topological polar surface area (TPSA) is 21.1 Å². The Hall–Kier alpha value is -1.06. The van der Waals surface area contributed by atoms with E-state index in [0.29, 0.717) is 5.92 Å². The quantitative estimate of drug-likeness (QED) is 0.797. The van der Waals surface area contributed by atoms with Gasteiger partial charge in [-0.15, -0.1) is 0 Å². The summed E-state index contributed by atoms with van der Waals surface area (Å²) in [7, 11) is 4.27. The maximum Gasteiger partial charge on any atom is 0.112 e. The van der Waals surface area contributed by atoms with E-state index in [1.807, 2.05) is 12.1 Å². The van der Waals surface area contributed by atoms with Crippen LogP contribution in [0.4, 0.5) is 0 Å². The molecule has 1 saturated carbocycles. The third kappa shape index (κ3) is 3.47. The van der Waals surface area contributed by atoms with Crippen molar-refractivity contribution in [2.24, 2.45) is 0 Å². The second-order valence-electron chi connectivity index (χ2n) is 6.75. The molecule has 4 heteroatoms. The Morgan fingerprint density at radius 1 is 1.23 bits per heavy atom. The highest BCUT2D eigenvalue weighted by molar-refractivity contribution is 6.31. The van der Waals surface area contributed by atoms with E-state index in [2.05, 4.69) is 29.6 Å². The van der Waals surface area contributed by atoms with E-state index in [-0.39, 0.29) is 0 Å². The monoisotopic (exact) mass is 319 g/mol. The van der Waals surface area contributed by atoms with Crippen molar-refractivity contribution in [3.63, 3.8) is 0 Å². The van der Waals surface area contributed by atoms with Crippen molar-refractivity contribution < 1.29 is 0 Å². The molecule has 0 spiro atoms. The lowest BCUT2D eigenvalue weighted by Crippen LogP contribution is -2.17. The SMILES string of the molecule is CN(C)CCCn1c(C2CCCCC2)nc2cc(Cl)ccc21.